The Balaban J connectivity index is 1.63. The summed E-state index contributed by atoms with van der Waals surface area (Å²) in [4.78, 5) is 29.6. The quantitative estimate of drug-likeness (QED) is 0.522. The molecule has 1 aliphatic heterocycles. The van der Waals surface area contributed by atoms with Gasteiger partial charge in [-0.05, 0) is 61.6 Å². The minimum atomic E-state index is -0.788. The summed E-state index contributed by atoms with van der Waals surface area (Å²) in [6.45, 7) is 7.02. The number of nitrogens with zero attached hydrogens (tertiary/aromatic N) is 2. The number of carbonyl (C=O) groups excluding carboxylic acids is 2. The molecular weight excluding hydrogens is 420 g/mol. The number of benzene rings is 2. The van der Waals surface area contributed by atoms with Crippen molar-refractivity contribution in [3.05, 3.63) is 88.5 Å². The molecule has 0 saturated carbocycles. The van der Waals surface area contributed by atoms with Crippen LogP contribution in [-0.2, 0) is 22.6 Å². The zero-order valence-electron chi connectivity index (χ0n) is 19.3. The highest BCUT2D eigenvalue weighted by atomic mass is 35.5. The van der Waals surface area contributed by atoms with Crippen molar-refractivity contribution in [2.24, 2.45) is 0 Å². The highest BCUT2D eigenvalue weighted by Crippen LogP contribution is 2.33. The average molecular weight is 451 g/mol. The van der Waals surface area contributed by atoms with Crippen molar-refractivity contribution in [3.8, 4) is 0 Å². The predicted molar refractivity (Wildman–Crippen MR) is 131 cm³/mol. The second-order valence-corrected chi connectivity index (χ2v) is 9.04. The first kappa shape index (κ1) is 23.8. The van der Waals surface area contributed by atoms with Crippen LogP contribution in [0.5, 0.6) is 0 Å². The first-order valence-electron chi connectivity index (χ1n) is 10.9. The Labute approximate surface area is 196 Å². The molecule has 0 bridgehead atoms. The number of likely N-dealkylation sites (N-methyl/N-ethyl adjacent to an activating group) is 1. The van der Waals surface area contributed by atoms with Gasteiger partial charge in [-0.2, -0.15) is 0 Å². The number of amides is 2. The average Bonchev–Trinajstić information content (AvgIpc) is 2.77. The van der Waals surface area contributed by atoms with Crippen molar-refractivity contribution in [2.75, 3.05) is 13.6 Å². The zero-order valence-corrected chi connectivity index (χ0v) is 20.0. The van der Waals surface area contributed by atoms with Crippen molar-refractivity contribution < 1.29 is 9.59 Å². The molecule has 2 aromatic rings. The molecule has 0 radical (unpaired) electrons. The summed E-state index contributed by atoms with van der Waals surface area (Å²) in [6, 6.07) is 15.5. The van der Waals surface area contributed by atoms with E-state index in [0.29, 0.717) is 31.0 Å². The van der Waals surface area contributed by atoms with Gasteiger partial charge in [0, 0.05) is 25.2 Å². The van der Waals surface area contributed by atoms with Crippen molar-refractivity contribution in [3.63, 3.8) is 0 Å². The number of rotatable bonds is 7. The van der Waals surface area contributed by atoms with Crippen LogP contribution < -0.4 is 0 Å². The van der Waals surface area contributed by atoms with Gasteiger partial charge < -0.3 is 9.80 Å². The maximum Gasteiger partial charge on any atom is 0.248 e. The fraction of sp³-hybridized carbons (Fsp3) is 0.333. The van der Waals surface area contributed by atoms with E-state index in [1.165, 1.54) is 5.57 Å². The van der Waals surface area contributed by atoms with Gasteiger partial charge in [0.2, 0.25) is 11.8 Å². The van der Waals surface area contributed by atoms with Crippen molar-refractivity contribution in [2.45, 2.75) is 45.7 Å². The topological polar surface area (TPSA) is 40.6 Å². The van der Waals surface area contributed by atoms with E-state index in [4.69, 9.17) is 11.6 Å². The van der Waals surface area contributed by atoms with E-state index in [9.17, 15) is 9.59 Å². The molecule has 1 atom stereocenters. The van der Waals surface area contributed by atoms with Crippen molar-refractivity contribution in [1.82, 2.24) is 9.80 Å². The molecule has 1 saturated heterocycles. The number of hydrogen-bond acceptors (Lipinski definition) is 2. The maximum absolute atomic E-state index is 13.2. The SMILES string of the molecule is C/C=C\C=C(/C)c1ccc(CC(=O)N2CCC2(C)C(=O)N(C)Cc2ccc(Cl)cc2)cc1. The fourth-order valence-electron chi connectivity index (χ4n) is 4.02. The lowest BCUT2D eigenvalue weighted by Crippen LogP contribution is -2.67. The third-order valence-electron chi connectivity index (χ3n) is 6.16. The van der Waals surface area contributed by atoms with Crippen LogP contribution in [0.4, 0.5) is 0 Å². The van der Waals surface area contributed by atoms with Gasteiger partial charge in [0.1, 0.15) is 5.54 Å². The molecule has 32 heavy (non-hydrogen) atoms. The molecule has 0 aliphatic carbocycles. The normalized spacial score (nSPS) is 18.5. The van der Waals surface area contributed by atoms with Gasteiger partial charge in [0.25, 0.3) is 0 Å². The summed E-state index contributed by atoms with van der Waals surface area (Å²) in [5.41, 5.74) is 3.47. The van der Waals surface area contributed by atoms with Crippen LogP contribution in [0.3, 0.4) is 0 Å². The monoisotopic (exact) mass is 450 g/mol. The van der Waals surface area contributed by atoms with Gasteiger partial charge in [-0.25, -0.2) is 0 Å². The number of allylic oxidation sites excluding steroid dienone is 4. The third-order valence-corrected chi connectivity index (χ3v) is 6.41. The smallest absolute Gasteiger partial charge is 0.248 e. The summed E-state index contributed by atoms with van der Waals surface area (Å²) >= 11 is 5.95. The lowest BCUT2D eigenvalue weighted by atomic mass is 9.84. The van der Waals surface area contributed by atoms with Crippen LogP contribution in [0.2, 0.25) is 5.02 Å². The molecule has 1 aliphatic rings. The summed E-state index contributed by atoms with van der Waals surface area (Å²) in [5.74, 6) is -0.0481. The van der Waals surface area contributed by atoms with Crippen LogP contribution in [0.1, 0.15) is 43.9 Å². The largest absolute Gasteiger partial charge is 0.339 e. The molecule has 168 valence electrons. The molecule has 0 N–H and O–H groups in total. The van der Waals surface area contributed by atoms with E-state index in [2.05, 4.69) is 13.0 Å². The van der Waals surface area contributed by atoms with E-state index >= 15 is 0 Å². The van der Waals surface area contributed by atoms with Gasteiger partial charge in [0.05, 0.1) is 6.42 Å². The molecule has 0 aromatic heterocycles. The van der Waals surface area contributed by atoms with E-state index in [1.807, 2.05) is 74.5 Å². The summed E-state index contributed by atoms with van der Waals surface area (Å²) in [6.07, 6.45) is 7.04. The number of carbonyl (C=O) groups is 2. The predicted octanol–water partition coefficient (Wildman–Crippen LogP) is 5.51. The molecule has 1 heterocycles. The summed E-state index contributed by atoms with van der Waals surface area (Å²) in [5, 5.41) is 0.669. The zero-order chi connectivity index (χ0) is 23.3. The lowest BCUT2D eigenvalue weighted by molar-refractivity contribution is -0.163. The Hall–Kier alpha value is -2.85. The molecule has 4 nitrogen and oxygen atoms in total. The molecular formula is C27H31ClN2O2. The van der Waals surface area contributed by atoms with Gasteiger partial charge in [0.15, 0.2) is 0 Å². The molecule has 0 spiro atoms. The molecule has 1 unspecified atom stereocenters. The number of hydrogen-bond donors (Lipinski definition) is 0. The molecule has 2 aromatic carbocycles. The first-order chi connectivity index (χ1) is 15.2. The van der Waals surface area contributed by atoms with Gasteiger partial charge >= 0.3 is 0 Å². The standard InChI is InChI=1S/C27H31ClN2O2/c1-5-6-7-20(2)23-12-8-21(9-13-23)18-25(31)30-17-16-27(30,3)26(32)29(4)19-22-10-14-24(28)15-11-22/h5-15H,16-19H2,1-4H3/b6-5-,20-7+. The van der Waals surface area contributed by atoms with E-state index < -0.39 is 5.54 Å². The Morgan fingerprint density at radius 1 is 1.09 bits per heavy atom. The van der Waals surface area contributed by atoms with Crippen molar-refractivity contribution >= 4 is 29.0 Å². The van der Waals surface area contributed by atoms with Crippen LogP contribution in [0, 0.1) is 0 Å². The van der Waals surface area contributed by atoms with Crippen LogP contribution >= 0.6 is 11.6 Å². The van der Waals surface area contributed by atoms with Gasteiger partial charge in [-0.1, -0.05) is 66.2 Å². The minimum Gasteiger partial charge on any atom is -0.339 e. The summed E-state index contributed by atoms with van der Waals surface area (Å²) in [7, 11) is 1.78. The Morgan fingerprint density at radius 2 is 1.72 bits per heavy atom. The molecule has 1 fully saturated rings. The highest BCUT2D eigenvalue weighted by Gasteiger charge is 2.50. The molecule has 2 amide bonds. The van der Waals surface area contributed by atoms with Crippen LogP contribution in [-0.4, -0.2) is 40.7 Å². The fourth-order valence-corrected chi connectivity index (χ4v) is 4.15. The van der Waals surface area contributed by atoms with Crippen LogP contribution in [0.25, 0.3) is 5.57 Å². The number of halogens is 1. The van der Waals surface area contributed by atoms with E-state index in [0.717, 1.165) is 16.7 Å². The second kappa shape index (κ2) is 10.2. The molecule has 3 rings (SSSR count). The van der Waals surface area contributed by atoms with Crippen molar-refractivity contribution in [1.29, 1.82) is 0 Å². The van der Waals surface area contributed by atoms with E-state index in [1.54, 1.807) is 16.8 Å². The first-order valence-corrected chi connectivity index (χ1v) is 11.3. The highest BCUT2D eigenvalue weighted by molar-refractivity contribution is 6.30. The lowest BCUT2D eigenvalue weighted by Gasteiger charge is -2.50. The third kappa shape index (κ3) is 5.31. The minimum absolute atomic E-state index is 0.0130. The summed E-state index contributed by atoms with van der Waals surface area (Å²) < 4.78 is 0. The van der Waals surface area contributed by atoms with E-state index in [-0.39, 0.29) is 11.8 Å². The van der Waals surface area contributed by atoms with Gasteiger partial charge in [-0.15, -0.1) is 0 Å². The Kier molecular flexibility index (Phi) is 7.57. The number of likely N-dealkylation sites (tertiary alicyclic amines) is 1. The second-order valence-electron chi connectivity index (χ2n) is 8.61. The molecule has 5 heteroatoms. The Morgan fingerprint density at radius 3 is 2.28 bits per heavy atom. The van der Waals surface area contributed by atoms with Crippen LogP contribution in [0.15, 0.2) is 66.8 Å². The maximum atomic E-state index is 13.2. The van der Waals surface area contributed by atoms with Gasteiger partial charge in [-0.3, -0.25) is 9.59 Å². The Bertz CT molecular complexity index is 1020.